The highest BCUT2D eigenvalue weighted by Crippen LogP contribution is 2.34. The SMILES string of the molecule is Cc1ccccc1-c1nc(C(=O)NC2CC(N(CC(=O)O)CC3CC3)C2)cs1. The van der Waals surface area contributed by atoms with Gasteiger partial charge in [-0.25, -0.2) is 4.98 Å². The lowest BCUT2D eigenvalue weighted by molar-refractivity contribution is -0.139. The second-order valence-corrected chi connectivity index (χ2v) is 8.77. The van der Waals surface area contributed by atoms with Gasteiger partial charge in [0.15, 0.2) is 0 Å². The lowest BCUT2D eigenvalue weighted by atomic mass is 9.85. The van der Waals surface area contributed by atoms with Gasteiger partial charge in [0.25, 0.3) is 5.91 Å². The molecule has 1 aromatic carbocycles. The molecule has 7 heteroatoms. The standard InChI is InChI=1S/C21H25N3O3S/c1-13-4-2-3-5-17(13)21-23-18(12-28-21)20(27)22-15-8-16(9-15)24(11-19(25)26)10-14-6-7-14/h2-5,12,14-16H,6-11H2,1H3,(H,22,27)(H,25,26). The van der Waals surface area contributed by atoms with Gasteiger partial charge in [-0.15, -0.1) is 11.3 Å². The normalized spacial score (nSPS) is 21.4. The van der Waals surface area contributed by atoms with Gasteiger partial charge in [-0.05, 0) is 44.1 Å². The zero-order chi connectivity index (χ0) is 19.7. The van der Waals surface area contributed by atoms with Crippen molar-refractivity contribution in [2.75, 3.05) is 13.1 Å². The summed E-state index contributed by atoms with van der Waals surface area (Å²) in [6, 6.07) is 8.36. The molecular weight excluding hydrogens is 374 g/mol. The molecule has 2 fully saturated rings. The van der Waals surface area contributed by atoms with Crippen LogP contribution in [0.4, 0.5) is 0 Å². The lowest BCUT2D eigenvalue weighted by Gasteiger charge is -2.42. The number of amides is 1. The number of aryl methyl sites for hydroxylation is 1. The summed E-state index contributed by atoms with van der Waals surface area (Å²) in [7, 11) is 0. The number of nitrogens with zero attached hydrogens (tertiary/aromatic N) is 2. The number of aromatic nitrogens is 1. The number of carbonyl (C=O) groups excluding carboxylic acids is 1. The summed E-state index contributed by atoms with van der Waals surface area (Å²) in [5.74, 6) is -0.270. The van der Waals surface area contributed by atoms with E-state index in [2.05, 4.69) is 15.2 Å². The molecule has 0 unspecified atom stereocenters. The highest BCUT2D eigenvalue weighted by molar-refractivity contribution is 7.13. The average Bonchev–Trinajstić information content (AvgIpc) is 3.29. The van der Waals surface area contributed by atoms with Crippen molar-refractivity contribution in [3.05, 3.63) is 40.9 Å². The number of carboxylic acid groups (broad SMARTS) is 1. The van der Waals surface area contributed by atoms with Crippen molar-refractivity contribution in [2.45, 2.75) is 44.7 Å². The Hall–Kier alpha value is -2.25. The summed E-state index contributed by atoms with van der Waals surface area (Å²) in [5, 5.41) is 14.8. The monoisotopic (exact) mass is 399 g/mol. The van der Waals surface area contributed by atoms with E-state index in [4.69, 9.17) is 5.11 Å². The molecule has 1 heterocycles. The van der Waals surface area contributed by atoms with E-state index >= 15 is 0 Å². The molecule has 2 N–H and O–H groups in total. The minimum absolute atomic E-state index is 0.0910. The van der Waals surface area contributed by atoms with Crippen molar-refractivity contribution in [1.29, 1.82) is 0 Å². The summed E-state index contributed by atoms with van der Waals surface area (Å²) in [5.41, 5.74) is 2.64. The Morgan fingerprint density at radius 3 is 2.71 bits per heavy atom. The van der Waals surface area contributed by atoms with Crippen molar-refractivity contribution in [1.82, 2.24) is 15.2 Å². The zero-order valence-electron chi connectivity index (χ0n) is 15.9. The van der Waals surface area contributed by atoms with Crippen molar-refractivity contribution in [3.63, 3.8) is 0 Å². The molecular formula is C21H25N3O3S. The number of nitrogens with one attached hydrogen (secondary N) is 1. The van der Waals surface area contributed by atoms with Gasteiger partial charge in [-0.1, -0.05) is 24.3 Å². The van der Waals surface area contributed by atoms with Crippen LogP contribution >= 0.6 is 11.3 Å². The van der Waals surface area contributed by atoms with Crippen LogP contribution in [0, 0.1) is 12.8 Å². The molecule has 2 aliphatic rings. The molecule has 0 saturated heterocycles. The Bertz CT molecular complexity index is 871. The van der Waals surface area contributed by atoms with Crippen LogP contribution in [0.15, 0.2) is 29.6 Å². The highest BCUT2D eigenvalue weighted by atomic mass is 32.1. The fraction of sp³-hybridized carbons (Fsp3) is 0.476. The van der Waals surface area contributed by atoms with E-state index in [0.29, 0.717) is 11.6 Å². The third-order valence-electron chi connectivity index (χ3n) is 5.61. The van der Waals surface area contributed by atoms with Crippen molar-refractivity contribution in [2.24, 2.45) is 5.92 Å². The maximum absolute atomic E-state index is 12.5. The number of rotatable bonds is 8. The first-order chi connectivity index (χ1) is 13.5. The number of benzene rings is 1. The van der Waals surface area contributed by atoms with Gasteiger partial charge in [0, 0.05) is 29.6 Å². The third-order valence-corrected chi connectivity index (χ3v) is 6.48. The molecule has 28 heavy (non-hydrogen) atoms. The summed E-state index contributed by atoms with van der Waals surface area (Å²) in [4.78, 5) is 30.3. The molecule has 0 bridgehead atoms. The lowest BCUT2D eigenvalue weighted by Crippen LogP contribution is -2.55. The number of aliphatic carboxylic acids is 1. The van der Waals surface area contributed by atoms with Crippen LogP contribution in [-0.2, 0) is 4.79 Å². The van der Waals surface area contributed by atoms with Crippen LogP contribution in [0.5, 0.6) is 0 Å². The molecule has 2 aromatic rings. The number of hydrogen-bond acceptors (Lipinski definition) is 5. The van der Waals surface area contributed by atoms with Crippen molar-refractivity contribution in [3.8, 4) is 10.6 Å². The van der Waals surface area contributed by atoms with E-state index in [-0.39, 0.29) is 24.5 Å². The van der Waals surface area contributed by atoms with Gasteiger partial charge in [0.1, 0.15) is 10.7 Å². The molecule has 2 saturated carbocycles. The highest BCUT2D eigenvalue weighted by Gasteiger charge is 2.38. The van der Waals surface area contributed by atoms with E-state index in [9.17, 15) is 9.59 Å². The molecule has 0 aliphatic heterocycles. The van der Waals surface area contributed by atoms with Gasteiger partial charge < -0.3 is 10.4 Å². The Balaban J connectivity index is 1.31. The van der Waals surface area contributed by atoms with E-state index < -0.39 is 5.97 Å². The topological polar surface area (TPSA) is 82.5 Å². The second kappa shape index (κ2) is 8.01. The summed E-state index contributed by atoms with van der Waals surface area (Å²) in [6.07, 6.45) is 4.02. The fourth-order valence-corrected chi connectivity index (χ4v) is 4.62. The summed E-state index contributed by atoms with van der Waals surface area (Å²) < 4.78 is 0. The smallest absolute Gasteiger partial charge is 0.317 e. The number of thiazole rings is 1. The maximum atomic E-state index is 12.5. The summed E-state index contributed by atoms with van der Waals surface area (Å²) >= 11 is 1.48. The first-order valence-corrected chi connectivity index (χ1v) is 10.7. The molecule has 148 valence electrons. The van der Waals surface area contributed by atoms with Crippen LogP contribution in [0.2, 0.25) is 0 Å². The van der Waals surface area contributed by atoms with E-state index in [1.54, 1.807) is 5.38 Å². The molecule has 0 atom stereocenters. The van der Waals surface area contributed by atoms with Crippen molar-refractivity contribution < 1.29 is 14.7 Å². The van der Waals surface area contributed by atoms with Crippen LogP contribution < -0.4 is 5.32 Å². The van der Waals surface area contributed by atoms with Crippen LogP contribution in [0.1, 0.15) is 41.7 Å². The largest absolute Gasteiger partial charge is 0.480 e. The van der Waals surface area contributed by atoms with Crippen LogP contribution in [0.3, 0.4) is 0 Å². The van der Waals surface area contributed by atoms with Gasteiger partial charge >= 0.3 is 5.97 Å². The molecule has 1 amide bonds. The second-order valence-electron chi connectivity index (χ2n) is 7.91. The Labute approximate surface area is 168 Å². The molecule has 1 aromatic heterocycles. The predicted molar refractivity (Wildman–Crippen MR) is 108 cm³/mol. The third kappa shape index (κ3) is 4.42. The maximum Gasteiger partial charge on any atom is 0.317 e. The predicted octanol–water partition coefficient (Wildman–Crippen LogP) is 3.18. The Morgan fingerprint density at radius 1 is 1.29 bits per heavy atom. The quantitative estimate of drug-likeness (QED) is 0.712. The van der Waals surface area contributed by atoms with Gasteiger partial charge in [-0.2, -0.15) is 0 Å². The Morgan fingerprint density at radius 2 is 2.04 bits per heavy atom. The molecule has 0 spiro atoms. The van der Waals surface area contributed by atoms with Crippen molar-refractivity contribution >= 4 is 23.2 Å². The van der Waals surface area contributed by atoms with Crippen LogP contribution in [0.25, 0.3) is 10.6 Å². The van der Waals surface area contributed by atoms with E-state index in [1.165, 1.54) is 24.2 Å². The summed E-state index contributed by atoms with van der Waals surface area (Å²) in [6.45, 7) is 2.99. The van der Waals surface area contributed by atoms with Gasteiger partial charge in [0.05, 0.1) is 6.54 Å². The molecule has 0 radical (unpaired) electrons. The van der Waals surface area contributed by atoms with E-state index in [0.717, 1.165) is 35.5 Å². The first kappa shape index (κ1) is 19.1. The first-order valence-electron chi connectivity index (χ1n) is 9.78. The zero-order valence-corrected chi connectivity index (χ0v) is 16.7. The fourth-order valence-electron chi connectivity index (χ4n) is 3.73. The molecule has 4 rings (SSSR count). The van der Waals surface area contributed by atoms with Crippen LogP contribution in [-0.4, -0.2) is 52.0 Å². The van der Waals surface area contributed by atoms with Gasteiger partial charge in [0.2, 0.25) is 0 Å². The number of carboxylic acids is 1. The molecule has 2 aliphatic carbocycles. The van der Waals surface area contributed by atoms with Gasteiger partial charge in [-0.3, -0.25) is 14.5 Å². The number of carbonyl (C=O) groups is 2. The minimum atomic E-state index is -0.778. The Kier molecular flexibility index (Phi) is 5.46. The minimum Gasteiger partial charge on any atom is -0.480 e. The molecule has 6 nitrogen and oxygen atoms in total. The average molecular weight is 400 g/mol. The number of hydrogen-bond donors (Lipinski definition) is 2. The van der Waals surface area contributed by atoms with E-state index in [1.807, 2.05) is 31.2 Å².